The molecule has 3 aliphatic heterocycles. The summed E-state index contributed by atoms with van der Waals surface area (Å²) in [4.78, 5) is 14.7. The Bertz CT molecular complexity index is 2220. The van der Waals surface area contributed by atoms with Crippen molar-refractivity contribution in [2.75, 3.05) is 4.90 Å². The number of anilines is 1. The number of rotatable bonds is 8. The minimum atomic E-state index is -0.0303. The lowest BCUT2D eigenvalue weighted by molar-refractivity contribution is 0.391. The van der Waals surface area contributed by atoms with Crippen LogP contribution in [0.3, 0.4) is 0 Å². The van der Waals surface area contributed by atoms with E-state index in [1.165, 1.54) is 0 Å². The maximum atomic E-state index is 5.16. The molecule has 4 heterocycles. The maximum Gasteiger partial charge on any atom is 0.143 e. The van der Waals surface area contributed by atoms with Gasteiger partial charge in [0, 0.05) is 45.0 Å². The van der Waals surface area contributed by atoms with Crippen LogP contribution in [0.2, 0.25) is 0 Å². The number of hydrogen-bond donors (Lipinski definition) is 1. The van der Waals surface area contributed by atoms with Crippen molar-refractivity contribution in [1.82, 2.24) is 15.2 Å². The van der Waals surface area contributed by atoms with Gasteiger partial charge >= 0.3 is 0 Å². The van der Waals surface area contributed by atoms with Gasteiger partial charge in [0.2, 0.25) is 0 Å². The number of fused-ring (bicyclic) bond motifs is 3. The Kier molecular flexibility index (Phi) is 9.44. The standard InChI is InChI=1S/C46H41N5/c1-6-9-23-43-33(5)47-46-39-19-13-14-20-42(39)49-45(51(43)46)37-26-24-35(25-27-37)40-21-15-22-41(48-40)36-28-30-38(31-29-36)50-32(4)17-11-10-12-18-34(8-3)44(50)16-7-2/h6-17,19-31,46-47H,1,3-4,18H2,2,5H3/b12-10-,16-7-,17-11-,23-9-,44-34-. The highest BCUT2D eigenvalue weighted by Gasteiger charge is 2.37. The molecule has 5 nitrogen and oxygen atoms in total. The van der Waals surface area contributed by atoms with Crippen LogP contribution in [0.1, 0.15) is 37.6 Å². The van der Waals surface area contributed by atoms with Crippen molar-refractivity contribution < 1.29 is 0 Å². The van der Waals surface area contributed by atoms with E-state index in [4.69, 9.17) is 9.98 Å². The molecule has 0 saturated heterocycles. The zero-order chi connectivity index (χ0) is 35.3. The molecule has 0 fully saturated rings. The number of benzene rings is 3. The number of amidine groups is 1. The first kappa shape index (κ1) is 33.1. The summed E-state index contributed by atoms with van der Waals surface area (Å²) in [5.74, 6) is 0.901. The summed E-state index contributed by atoms with van der Waals surface area (Å²) >= 11 is 0. The Morgan fingerprint density at radius 1 is 0.804 bits per heavy atom. The summed E-state index contributed by atoms with van der Waals surface area (Å²) in [6.07, 6.45) is 21.0. The summed E-state index contributed by atoms with van der Waals surface area (Å²) in [5.41, 5.74) is 13.3. The number of pyridine rings is 1. The highest BCUT2D eigenvalue weighted by molar-refractivity contribution is 6.03. The van der Waals surface area contributed by atoms with Crippen LogP contribution >= 0.6 is 0 Å². The molecule has 250 valence electrons. The van der Waals surface area contributed by atoms with Crippen molar-refractivity contribution in [1.29, 1.82) is 0 Å². The Labute approximate surface area is 301 Å². The van der Waals surface area contributed by atoms with Crippen LogP contribution in [0.5, 0.6) is 0 Å². The monoisotopic (exact) mass is 663 g/mol. The molecule has 5 heteroatoms. The third-order valence-electron chi connectivity index (χ3n) is 9.24. The van der Waals surface area contributed by atoms with Crippen LogP contribution < -0.4 is 10.2 Å². The summed E-state index contributed by atoms with van der Waals surface area (Å²) in [6.45, 7) is 16.5. The second-order valence-electron chi connectivity index (χ2n) is 12.5. The van der Waals surface area contributed by atoms with Gasteiger partial charge in [0.25, 0.3) is 0 Å². The molecule has 0 saturated carbocycles. The second-order valence-corrected chi connectivity index (χ2v) is 12.5. The highest BCUT2D eigenvalue weighted by Crippen LogP contribution is 2.42. The van der Waals surface area contributed by atoms with E-state index in [0.29, 0.717) is 0 Å². The lowest BCUT2D eigenvalue weighted by Crippen LogP contribution is -2.37. The molecule has 51 heavy (non-hydrogen) atoms. The van der Waals surface area contributed by atoms with Gasteiger partial charge in [-0.15, -0.1) is 0 Å². The molecule has 1 N–H and O–H groups in total. The fourth-order valence-corrected chi connectivity index (χ4v) is 6.75. The van der Waals surface area contributed by atoms with Crippen LogP contribution in [0, 0.1) is 0 Å². The molecule has 0 radical (unpaired) electrons. The van der Waals surface area contributed by atoms with E-state index in [-0.39, 0.29) is 6.17 Å². The normalized spacial score (nSPS) is 19.9. The lowest BCUT2D eigenvalue weighted by atomic mass is 10.0. The molecule has 0 amide bonds. The molecule has 7 rings (SSSR count). The third kappa shape index (κ3) is 6.50. The van der Waals surface area contributed by atoms with Gasteiger partial charge in [-0.05, 0) is 74.4 Å². The summed E-state index contributed by atoms with van der Waals surface area (Å²) < 4.78 is 0. The van der Waals surface area contributed by atoms with Gasteiger partial charge in [-0.3, -0.25) is 4.90 Å². The average molecular weight is 664 g/mol. The van der Waals surface area contributed by atoms with Gasteiger partial charge in [0.1, 0.15) is 12.0 Å². The molecule has 0 aliphatic carbocycles. The van der Waals surface area contributed by atoms with E-state index < -0.39 is 0 Å². The molecule has 1 atom stereocenters. The molecular weight excluding hydrogens is 623 g/mol. The van der Waals surface area contributed by atoms with Gasteiger partial charge in [-0.1, -0.05) is 123 Å². The van der Waals surface area contributed by atoms with Crippen molar-refractivity contribution in [3.05, 3.63) is 211 Å². The summed E-state index contributed by atoms with van der Waals surface area (Å²) in [5, 5.41) is 3.68. The Morgan fingerprint density at radius 3 is 2.22 bits per heavy atom. The summed E-state index contributed by atoms with van der Waals surface area (Å²) in [7, 11) is 0. The fourth-order valence-electron chi connectivity index (χ4n) is 6.75. The van der Waals surface area contributed by atoms with E-state index in [1.54, 1.807) is 6.08 Å². The van der Waals surface area contributed by atoms with Crippen molar-refractivity contribution in [2.24, 2.45) is 4.99 Å². The number of allylic oxidation sites excluding steroid dienone is 12. The fraction of sp³-hybridized carbons (Fsp3) is 0.0870. The Balaban J connectivity index is 1.18. The molecular formula is C46H41N5. The highest BCUT2D eigenvalue weighted by atomic mass is 15.4. The first-order valence-electron chi connectivity index (χ1n) is 17.2. The van der Waals surface area contributed by atoms with E-state index >= 15 is 0 Å². The Hall–Kier alpha value is -6.46. The van der Waals surface area contributed by atoms with Gasteiger partial charge in [-0.2, -0.15) is 0 Å². The number of hydrogen-bond acceptors (Lipinski definition) is 5. The van der Waals surface area contributed by atoms with E-state index in [1.807, 2.05) is 37.3 Å². The molecule has 0 bridgehead atoms. The molecule has 0 spiro atoms. The molecule has 1 aromatic heterocycles. The van der Waals surface area contributed by atoms with Gasteiger partial charge < -0.3 is 10.2 Å². The van der Waals surface area contributed by atoms with Gasteiger partial charge in [0.15, 0.2) is 0 Å². The second kappa shape index (κ2) is 14.6. The average Bonchev–Trinajstić information content (AvgIpc) is 3.53. The van der Waals surface area contributed by atoms with Gasteiger partial charge in [-0.25, -0.2) is 9.98 Å². The maximum absolute atomic E-state index is 5.16. The van der Waals surface area contributed by atoms with E-state index in [0.717, 1.165) is 85.6 Å². The topological polar surface area (TPSA) is 43.8 Å². The third-order valence-corrected chi connectivity index (χ3v) is 9.24. The minimum Gasteiger partial charge on any atom is -0.363 e. The number of para-hydroxylation sites is 1. The minimum absolute atomic E-state index is 0.0303. The molecule has 3 aliphatic rings. The smallest absolute Gasteiger partial charge is 0.143 e. The zero-order valence-electron chi connectivity index (χ0n) is 29.1. The van der Waals surface area contributed by atoms with Crippen LogP contribution in [-0.4, -0.2) is 15.7 Å². The predicted molar refractivity (Wildman–Crippen MR) is 214 cm³/mol. The van der Waals surface area contributed by atoms with E-state index in [2.05, 4.69) is 157 Å². The quantitative estimate of drug-likeness (QED) is 0.191. The predicted octanol–water partition coefficient (Wildman–Crippen LogP) is 11.2. The SMILES string of the molecule is C=C/C=C\C1=C(C)NC2c3ccccc3N=C(c3ccc(-c4cccc(-c5ccc(N6C(=C)/C=C\C=C/C/C(C=C)=C6/C=C\C)cc5)n4)cc3)N12. The molecule has 1 unspecified atom stereocenters. The van der Waals surface area contributed by atoms with Gasteiger partial charge in [0.05, 0.1) is 22.8 Å². The van der Waals surface area contributed by atoms with Crippen LogP contribution in [0.4, 0.5) is 11.4 Å². The van der Waals surface area contributed by atoms with Crippen molar-refractivity contribution in [3.8, 4) is 22.5 Å². The number of aromatic nitrogens is 1. The van der Waals surface area contributed by atoms with E-state index in [9.17, 15) is 0 Å². The van der Waals surface area contributed by atoms with Crippen LogP contribution in [0.25, 0.3) is 22.5 Å². The molecule has 3 aromatic carbocycles. The number of nitrogens with one attached hydrogen (secondary N) is 1. The van der Waals surface area contributed by atoms with Crippen molar-refractivity contribution in [2.45, 2.75) is 26.4 Å². The number of nitrogens with zero attached hydrogens (tertiary/aromatic N) is 4. The number of aliphatic imine (C=N–C) groups is 1. The zero-order valence-corrected chi connectivity index (χ0v) is 29.1. The lowest BCUT2D eigenvalue weighted by Gasteiger charge is -2.34. The Morgan fingerprint density at radius 2 is 1.51 bits per heavy atom. The first-order valence-corrected chi connectivity index (χ1v) is 17.2. The van der Waals surface area contributed by atoms with Crippen molar-refractivity contribution >= 4 is 17.2 Å². The largest absolute Gasteiger partial charge is 0.363 e. The van der Waals surface area contributed by atoms with Crippen LogP contribution in [0.15, 0.2) is 205 Å². The van der Waals surface area contributed by atoms with Crippen molar-refractivity contribution in [3.63, 3.8) is 0 Å². The van der Waals surface area contributed by atoms with Crippen LogP contribution in [-0.2, 0) is 0 Å². The first-order chi connectivity index (χ1) is 25.0. The molecule has 4 aromatic rings. The summed E-state index contributed by atoms with van der Waals surface area (Å²) in [6, 6.07) is 31.6.